The molecule has 18 heavy (non-hydrogen) atoms. The highest BCUT2D eigenvalue weighted by molar-refractivity contribution is 6.42. The molecule has 1 aromatic carbocycles. The number of halogens is 2. The monoisotopic (exact) mass is 286 g/mol. The van der Waals surface area contributed by atoms with Gasteiger partial charge >= 0.3 is 0 Å². The molecule has 0 radical (unpaired) electrons. The molecule has 1 unspecified atom stereocenters. The number of amides is 1. The van der Waals surface area contributed by atoms with Crippen molar-refractivity contribution in [3.8, 4) is 0 Å². The van der Waals surface area contributed by atoms with E-state index < -0.39 is 5.54 Å². The van der Waals surface area contributed by atoms with Gasteiger partial charge in [0.15, 0.2) is 0 Å². The molecule has 1 amide bonds. The van der Waals surface area contributed by atoms with Crippen molar-refractivity contribution in [1.82, 2.24) is 5.32 Å². The van der Waals surface area contributed by atoms with Crippen LogP contribution < -0.4 is 10.6 Å². The zero-order valence-electron chi connectivity index (χ0n) is 10.2. The molecule has 0 aromatic heterocycles. The zero-order chi connectivity index (χ0) is 13.2. The predicted molar refractivity (Wildman–Crippen MR) is 75.4 cm³/mol. The van der Waals surface area contributed by atoms with Crippen molar-refractivity contribution in [3.63, 3.8) is 0 Å². The van der Waals surface area contributed by atoms with Gasteiger partial charge in [-0.25, -0.2) is 0 Å². The molecule has 0 bridgehead atoms. The largest absolute Gasteiger partial charge is 0.324 e. The van der Waals surface area contributed by atoms with E-state index in [1.54, 1.807) is 18.2 Å². The summed E-state index contributed by atoms with van der Waals surface area (Å²) in [4.78, 5) is 12.3. The summed E-state index contributed by atoms with van der Waals surface area (Å²) in [6.45, 7) is 2.91. The number of anilines is 1. The van der Waals surface area contributed by atoms with E-state index in [2.05, 4.69) is 10.6 Å². The van der Waals surface area contributed by atoms with Crippen LogP contribution in [0.5, 0.6) is 0 Å². The van der Waals surface area contributed by atoms with Gasteiger partial charge in [-0.05, 0) is 44.0 Å². The summed E-state index contributed by atoms with van der Waals surface area (Å²) in [5.74, 6) is 0.000823. The van der Waals surface area contributed by atoms with Crippen molar-refractivity contribution in [2.75, 3.05) is 11.9 Å². The summed E-state index contributed by atoms with van der Waals surface area (Å²) in [5, 5.41) is 7.12. The van der Waals surface area contributed by atoms with Crippen LogP contribution in [0.15, 0.2) is 18.2 Å². The first-order valence-corrected chi connectivity index (χ1v) is 6.84. The minimum atomic E-state index is -0.438. The lowest BCUT2D eigenvalue weighted by Gasteiger charge is -2.26. The normalized spacial score (nSPS) is 23.1. The third-order valence-electron chi connectivity index (χ3n) is 3.46. The van der Waals surface area contributed by atoms with E-state index in [-0.39, 0.29) is 5.91 Å². The molecule has 2 rings (SSSR count). The Labute approximate surface area is 117 Å². The Hall–Kier alpha value is -0.770. The number of benzene rings is 1. The Morgan fingerprint density at radius 1 is 1.44 bits per heavy atom. The third kappa shape index (κ3) is 2.63. The summed E-state index contributed by atoms with van der Waals surface area (Å²) in [6.07, 6.45) is 2.68. The zero-order valence-corrected chi connectivity index (χ0v) is 11.7. The van der Waals surface area contributed by atoms with Gasteiger partial charge in [0.25, 0.3) is 0 Å². The molecule has 5 heteroatoms. The highest BCUT2D eigenvalue weighted by atomic mass is 35.5. The summed E-state index contributed by atoms with van der Waals surface area (Å²) in [6, 6.07) is 5.10. The van der Waals surface area contributed by atoms with Crippen LogP contribution in [0.1, 0.15) is 26.2 Å². The minimum Gasteiger partial charge on any atom is -0.324 e. The molecule has 1 aliphatic heterocycles. The quantitative estimate of drug-likeness (QED) is 0.893. The van der Waals surface area contributed by atoms with Gasteiger partial charge in [-0.1, -0.05) is 30.1 Å². The van der Waals surface area contributed by atoms with Crippen molar-refractivity contribution < 1.29 is 4.79 Å². The fraction of sp³-hybridized carbons (Fsp3) is 0.462. The Bertz CT molecular complexity index is 456. The summed E-state index contributed by atoms with van der Waals surface area (Å²) >= 11 is 11.8. The summed E-state index contributed by atoms with van der Waals surface area (Å²) < 4.78 is 0. The lowest BCUT2D eigenvalue weighted by atomic mass is 9.93. The second kappa shape index (κ2) is 5.47. The molecule has 0 aliphatic carbocycles. The molecule has 3 nitrogen and oxygen atoms in total. The molecular formula is C13H16Cl2N2O. The van der Waals surface area contributed by atoms with Crippen molar-refractivity contribution in [2.24, 2.45) is 0 Å². The number of hydrogen-bond acceptors (Lipinski definition) is 2. The van der Waals surface area contributed by atoms with Gasteiger partial charge in [0, 0.05) is 5.69 Å². The fourth-order valence-electron chi connectivity index (χ4n) is 2.29. The molecule has 0 spiro atoms. The molecule has 1 fully saturated rings. The van der Waals surface area contributed by atoms with Crippen LogP contribution in [0.3, 0.4) is 0 Å². The second-order valence-corrected chi connectivity index (χ2v) is 5.36. The molecule has 2 N–H and O–H groups in total. The summed E-state index contributed by atoms with van der Waals surface area (Å²) in [5.41, 5.74) is 0.238. The molecule has 1 aromatic rings. The first-order chi connectivity index (χ1) is 8.57. The van der Waals surface area contributed by atoms with Crippen LogP contribution >= 0.6 is 23.2 Å². The van der Waals surface area contributed by atoms with Crippen LogP contribution in [0.25, 0.3) is 0 Å². The van der Waals surface area contributed by atoms with E-state index in [0.717, 1.165) is 25.8 Å². The number of hydrogen-bond donors (Lipinski definition) is 2. The maximum atomic E-state index is 12.3. The standard InChI is InChI=1S/C13H16Cl2N2O/c1-2-13(6-3-7-16-13)12(18)17-9-4-5-10(14)11(15)8-9/h4-5,8,16H,2-3,6-7H2,1H3,(H,17,18). The van der Waals surface area contributed by atoms with Gasteiger partial charge < -0.3 is 10.6 Å². The second-order valence-electron chi connectivity index (χ2n) is 4.55. The molecule has 1 saturated heterocycles. The van der Waals surface area contributed by atoms with E-state index in [4.69, 9.17) is 23.2 Å². The van der Waals surface area contributed by atoms with Crippen molar-refractivity contribution in [2.45, 2.75) is 31.7 Å². The molecular weight excluding hydrogens is 271 g/mol. The highest BCUT2D eigenvalue weighted by Crippen LogP contribution is 2.28. The van der Waals surface area contributed by atoms with Crippen LogP contribution in [0.2, 0.25) is 10.0 Å². The number of rotatable bonds is 3. The van der Waals surface area contributed by atoms with Crippen LogP contribution in [0, 0.1) is 0 Å². The molecule has 1 heterocycles. The van der Waals surface area contributed by atoms with E-state index in [1.807, 2.05) is 6.92 Å². The summed E-state index contributed by atoms with van der Waals surface area (Å²) in [7, 11) is 0. The SMILES string of the molecule is CCC1(C(=O)Nc2ccc(Cl)c(Cl)c2)CCCN1. The van der Waals surface area contributed by atoms with Gasteiger partial charge in [0.2, 0.25) is 5.91 Å². The first kappa shape index (κ1) is 13.7. The highest BCUT2D eigenvalue weighted by Gasteiger charge is 2.39. The van der Waals surface area contributed by atoms with Gasteiger partial charge in [0.1, 0.15) is 0 Å². The van der Waals surface area contributed by atoms with Crippen LogP contribution in [0.4, 0.5) is 5.69 Å². The van der Waals surface area contributed by atoms with Crippen molar-refractivity contribution >= 4 is 34.8 Å². The van der Waals surface area contributed by atoms with Gasteiger partial charge in [-0.2, -0.15) is 0 Å². The average Bonchev–Trinajstić information content (AvgIpc) is 2.84. The first-order valence-electron chi connectivity index (χ1n) is 6.09. The Kier molecular flexibility index (Phi) is 4.15. The van der Waals surface area contributed by atoms with Crippen molar-refractivity contribution in [3.05, 3.63) is 28.2 Å². The van der Waals surface area contributed by atoms with E-state index in [0.29, 0.717) is 15.7 Å². The Morgan fingerprint density at radius 2 is 2.22 bits per heavy atom. The van der Waals surface area contributed by atoms with E-state index >= 15 is 0 Å². The molecule has 98 valence electrons. The molecule has 1 atom stereocenters. The van der Waals surface area contributed by atoms with Crippen molar-refractivity contribution in [1.29, 1.82) is 0 Å². The number of nitrogens with one attached hydrogen (secondary N) is 2. The number of carbonyl (C=O) groups excluding carboxylic acids is 1. The predicted octanol–water partition coefficient (Wildman–Crippen LogP) is 3.46. The topological polar surface area (TPSA) is 41.1 Å². The Morgan fingerprint density at radius 3 is 2.78 bits per heavy atom. The van der Waals surface area contributed by atoms with E-state index in [1.165, 1.54) is 0 Å². The maximum absolute atomic E-state index is 12.3. The minimum absolute atomic E-state index is 0.000823. The van der Waals surface area contributed by atoms with E-state index in [9.17, 15) is 4.79 Å². The van der Waals surface area contributed by atoms with Gasteiger partial charge in [-0.3, -0.25) is 4.79 Å². The Balaban J connectivity index is 2.13. The molecule has 0 saturated carbocycles. The van der Waals surface area contributed by atoms with Gasteiger partial charge in [0.05, 0.1) is 15.6 Å². The van der Waals surface area contributed by atoms with Crippen LogP contribution in [-0.4, -0.2) is 18.0 Å². The van der Waals surface area contributed by atoms with Gasteiger partial charge in [-0.15, -0.1) is 0 Å². The smallest absolute Gasteiger partial charge is 0.244 e. The average molecular weight is 287 g/mol. The fourth-order valence-corrected chi connectivity index (χ4v) is 2.59. The lowest BCUT2D eigenvalue weighted by Crippen LogP contribution is -2.50. The number of carbonyl (C=O) groups is 1. The third-order valence-corrected chi connectivity index (χ3v) is 4.20. The maximum Gasteiger partial charge on any atom is 0.244 e. The molecule has 1 aliphatic rings. The lowest BCUT2D eigenvalue weighted by molar-refractivity contribution is -0.122. The van der Waals surface area contributed by atoms with Crippen LogP contribution in [-0.2, 0) is 4.79 Å².